The van der Waals surface area contributed by atoms with Crippen LogP contribution in [0.25, 0.3) is 0 Å². The van der Waals surface area contributed by atoms with Gasteiger partial charge in [-0.05, 0) is 6.42 Å². The molecule has 0 spiro atoms. The molecule has 0 bridgehead atoms. The van der Waals surface area contributed by atoms with Gasteiger partial charge < -0.3 is 14.9 Å². The van der Waals surface area contributed by atoms with Crippen LogP contribution in [-0.4, -0.2) is 22.3 Å². The number of nitrogens with one attached hydrogen (secondary N) is 1. The quantitative estimate of drug-likeness (QED) is 0.687. The van der Waals surface area contributed by atoms with Gasteiger partial charge in [0.25, 0.3) is 5.91 Å². The lowest BCUT2D eigenvalue weighted by molar-refractivity contribution is -0.124. The van der Waals surface area contributed by atoms with Crippen molar-refractivity contribution in [3.63, 3.8) is 0 Å². The first-order valence-electron chi connectivity index (χ1n) is 3.63. The average Bonchev–Trinajstić information content (AvgIpc) is 2.55. The first-order chi connectivity index (χ1) is 5.74. The van der Waals surface area contributed by atoms with E-state index in [4.69, 9.17) is 5.11 Å². The van der Waals surface area contributed by atoms with Gasteiger partial charge in [0, 0.05) is 6.07 Å². The number of rotatable bonds is 3. The summed E-state index contributed by atoms with van der Waals surface area (Å²) >= 11 is 0. The largest absolute Gasteiger partial charge is 0.383 e. The first kappa shape index (κ1) is 8.73. The van der Waals surface area contributed by atoms with Gasteiger partial charge in [0.15, 0.2) is 5.82 Å². The number of carbonyl (C=O) groups excluding carboxylic acids is 1. The molecule has 1 aromatic rings. The molecular weight excluding hydrogens is 160 g/mol. The Balaban J connectivity index is 2.47. The molecule has 0 aliphatic heterocycles. The summed E-state index contributed by atoms with van der Waals surface area (Å²) in [5, 5.41) is 14.9. The lowest BCUT2D eigenvalue weighted by Crippen LogP contribution is -2.26. The number of aromatic nitrogens is 1. The van der Waals surface area contributed by atoms with Crippen LogP contribution in [0.1, 0.15) is 13.3 Å². The van der Waals surface area contributed by atoms with Crippen molar-refractivity contribution in [1.29, 1.82) is 0 Å². The maximum atomic E-state index is 11.0. The topological polar surface area (TPSA) is 75.4 Å². The third-order valence-electron chi connectivity index (χ3n) is 1.38. The molecule has 5 nitrogen and oxygen atoms in total. The fourth-order valence-corrected chi connectivity index (χ4v) is 0.672. The molecule has 1 unspecified atom stereocenters. The minimum Gasteiger partial charge on any atom is -0.383 e. The molecule has 0 aliphatic rings. The number of amides is 1. The smallest absolute Gasteiger partial charge is 0.254 e. The fraction of sp³-hybridized carbons (Fsp3) is 0.429. The Bertz CT molecular complexity index is 245. The van der Waals surface area contributed by atoms with Crippen molar-refractivity contribution in [2.24, 2.45) is 0 Å². The molecule has 1 rings (SSSR count). The molecule has 0 radical (unpaired) electrons. The maximum Gasteiger partial charge on any atom is 0.254 e. The average molecular weight is 170 g/mol. The Morgan fingerprint density at radius 1 is 1.92 bits per heavy atom. The second-order valence-electron chi connectivity index (χ2n) is 2.30. The van der Waals surface area contributed by atoms with Gasteiger partial charge in [-0.3, -0.25) is 4.79 Å². The minimum atomic E-state index is -0.985. The second-order valence-corrected chi connectivity index (χ2v) is 2.30. The van der Waals surface area contributed by atoms with Crippen molar-refractivity contribution in [1.82, 2.24) is 5.16 Å². The Labute approximate surface area is 69.4 Å². The molecule has 1 amide bonds. The summed E-state index contributed by atoms with van der Waals surface area (Å²) in [5.74, 6) is -0.154. The van der Waals surface area contributed by atoms with Gasteiger partial charge in [0.05, 0.1) is 0 Å². The van der Waals surface area contributed by atoms with Gasteiger partial charge in [-0.25, -0.2) is 0 Å². The fourth-order valence-electron chi connectivity index (χ4n) is 0.672. The van der Waals surface area contributed by atoms with Crippen molar-refractivity contribution in [2.75, 3.05) is 5.32 Å². The molecule has 1 atom stereocenters. The van der Waals surface area contributed by atoms with Gasteiger partial charge in [-0.15, -0.1) is 0 Å². The van der Waals surface area contributed by atoms with Crippen LogP contribution in [0.5, 0.6) is 0 Å². The predicted octanol–water partition coefficient (Wildman–Crippen LogP) is 0.384. The molecular formula is C7H10N2O3. The third-order valence-corrected chi connectivity index (χ3v) is 1.38. The Hall–Kier alpha value is -1.36. The number of carbonyl (C=O) groups is 1. The van der Waals surface area contributed by atoms with E-state index in [-0.39, 0.29) is 0 Å². The Kier molecular flexibility index (Phi) is 2.82. The zero-order valence-corrected chi connectivity index (χ0v) is 6.65. The molecule has 66 valence electrons. The molecule has 1 heterocycles. The standard InChI is InChI=1S/C7H10N2O3/c1-2-5(10)7(11)8-6-3-4-12-9-6/h3-5,10H,2H2,1H3,(H,8,9,11). The summed E-state index contributed by atoms with van der Waals surface area (Å²) in [4.78, 5) is 11.0. The zero-order valence-electron chi connectivity index (χ0n) is 6.65. The van der Waals surface area contributed by atoms with Crippen LogP contribution >= 0.6 is 0 Å². The summed E-state index contributed by atoms with van der Waals surface area (Å²) in [6, 6.07) is 1.50. The Morgan fingerprint density at radius 3 is 3.17 bits per heavy atom. The van der Waals surface area contributed by atoms with Crippen LogP contribution in [0.3, 0.4) is 0 Å². The van der Waals surface area contributed by atoms with Gasteiger partial charge >= 0.3 is 0 Å². The summed E-state index contributed by atoms with van der Waals surface area (Å²) in [6.45, 7) is 1.72. The summed E-state index contributed by atoms with van der Waals surface area (Å²) in [7, 11) is 0. The molecule has 0 saturated heterocycles. The highest BCUT2D eigenvalue weighted by Gasteiger charge is 2.12. The molecule has 2 N–H and O–H groups in total. The van der Waals surface area contributed by atoms with Crippen LogP contribution in [-0.2, 0) is 4.79 Å². The normalized spacial score (nSPS) is 12.5. The number of anilines is 1. The van der Waals surface area contributed by atoms with Crippen LogP contribution in [0, 0.1) is 0 Å². The SMILES string of the molecule is CCC(O)C(=O)Nc1ccon1. The van der Waals surface area contributed by atoms with Crippen molar-refractivity contribution < 1.29 is 14.4 Å². The number of nitrogens with zero attached hydrogens (tertiary/aromatic N) is 1. The highest BCUT2D eigenvalue weighted by atomic mass is 16.5. The number of aliphatic hydroxyl groups is 1. The van der Waals surface area contributed by atoms with Crippen LogP contribution in [0.15, 0.2) is 16.9 Å². The molecule has 1 aromatic heterocycles. The number of hydrogen-bond acceptors (Lipinski definition) is 4. The summed E-state index contributed by atoms with van der Waals surface area (Å²) < 4.78 is 4.48. The molecule has 0 aromatic carbocycles. The van der Waals surface area contributed by atoms with Gasteiger partial charge in [-0.2, -0.15) is 0 Å². The zero-order chi connectivity index (χ0) is 8.97. The van der Waals surface area contributed by atoms with Gasteiger partial charge in [-0.1, -0.05) is 12.1 Å². The van der Waals surface area contributed by atoms with Crippen LogP contribution in [0.4, 0.5) is 5.82 Å². The van der Waals surface area contributed by atoms with Gasteiger partial charge in [0.2, 0.25) is 0 Å². The van der Waals surface area contributed by atoms with E-state index in [0.717, 1.165) is 0 Å². The second kappa shape index (κ2) is 3.87. The van der Waals surface area contributed by atoms with E-state index in [0.29, 0.717) is 12.2 Å². The number of aliphatic hydroxyl groups excluding tert-OH is 1. The first-order valence-corrected chi connectivity index (χ1v) is 3.63. The third kappa shape index (κ3) is 2.06. The molecule has 5 heteroatoms. The summed E-state index contributed by atoms with van der Waals surface area (Å²) in [6.07, 6.45) is 0.735. The van der Waals surface area contributed by atoms with E-state index >= 15 is 0 Å². The van der Waals surface area contributed by atoms with E-state index in [1.165, 1.54) is 12.3 Å². The lowest BCUT2D eigenvalue weighted by atomic mass is 10.2. The maximum absolute atomic E-state index is 11.0. The monoisotopic (exact) mass is 170 g/mol. The van der Waals surface area contributed by atoms with E-state index in [9.17, 15) is 4.79 Å². The molecule has 0 fully saturated rings. The van der Waals surface area contributed by atoms with E-state index in [1.807, 2.05) is 0 Å². The van der Waals surface area contributed by atoms with E-state index in [1.54, 1.807) is 6.92 Å². The predicted molar refractivity (Wildman–Crippen MR) is 41.4 cm³/mol. The lowest BCUT2D eigenvalue weighted by Gasteiger charge is -2.05. The van der Waals surface area contributed by atoms with E-state index in [2.05, 4.69) is 15.0 Å². The molecule has 0 aliphatic carbocycles. The van der Waals surface area contributed by atoms with Crippen molar-refractivity contribution in [3.8, 4) is 0 Å². The summed E-state index contributed by atoms with van der Waals surface area (Å²) in [5.41, 5.74) is 0. The van der Waals surface area contributed by atoms with Crippen molar-refractivity contribution >= 4 is 11.7 Å². The minimum absolute atomic E-state index is 0.313. The van der Waals surface area contributed by atoms with Crippen LogP contribution in [0.2, 0.25) is 0 Å². The number of hydrogen-bond donors (Lipinski definition) is 2. The van der Waals surface area contributed by atoms with Crippen molar-refractivity contribution in [3.05, 3.63) is 12.3 Å². The molecule has 12 heavy (non-hydrogen) atoms. The van der Waals surface area contributed by atoms with E-state index < -0.39 is 12.0 Å². The Morgan fingerprint density at radius 2 is 2.67 bits per heavy atom. The highest BCUT2D eigenvalue weighted by molar-refractivity contribution is 5.92. The molecule has 0 saturated carbocycles. The van der Waals surface area contributed by atoms with Crippen molar-refractivity contribution in [2.45, 2.75) is 19.4 Å². The van der Waals surface area contributed by atoms with Crippen LogP contribution < -0.4 is 5.32 Å². The van der Waals surface area contributed by atoms with Gasteiger partial charge in [0.1, 0.15) is 12.4 Å². The highest BCUT2D eigenvalue weighted by Crippen LogP contribution is 2.02.